The lowest BCUT2D eigenvalue weighted by atomic mass is 9.74. The molecule has 5 nitrogen and oxygen atoms in total. The number of amides is 2. The van der Waals surface area contributed by atoms with Gasteiger partial charge in [0, 0.05) is 27.2 Å². The van der Waals surface area contributed by atoms with E-state index in [1.807, 2.05) is 59.3 Å². The molecule has 2 amide bonds. The fourth-order valence-corrected chi connectivity index (χ4v) is 5.12. The zero-order valence-corrected chi connectivity index (χ0v) is 18.0. The molecule has 1 spiro atoms. The molecule has 0 aromatic heterocycles. The van der Waals surface area contributed by atoms with E-state index >= 15 is 0 Å². The number of hydrogen-bond acceptors (Lipinski definition) is 3. The number of halogens is 1. The summed E-state index contributed by atoms with van der Waals surface area (Å²) in [7, 11) is 5.53. The summed E-state index contributed by atoms with van der Waals surface area (Å²) in [6.45, 7) is 1.30. The number of benzene rings is 2. The van der Waals surface area contributed by atoms with Crippen LogP contribution in [0.1, 0.15) is 42.7 Å². The van der Waals surface area contributed by atoms with Crippen LogP contribution in [0.25, 0.3) is 0 Å². The minimum Gasteiger partial charge on any atom is -0.497 e. The Morgan fingerprint density at radius 2 is 1.83 bits per heavy atom. The summed E-state index contributed by atoms with van der Waals surface area (Å²) in [4.78, 5) is 15.2. The number of rotatable bonds is 5. The zero-order valence-electron chi connectivity index (χ0n) is 18.0. The van der Waals surface area contributed by atoms with Crippen molar-refractivity contribution in [3.63, 3.8) is 0 Å². The molecule has 0 atom stereocenters. The summed E-state index contributed by atoms with van der Waals surface area (Å²) < 4.78 is 18.9. The van der Waals surface area contributed by atoms with E-state index in [0.29, 0.717) is 19.0 Å². The normalized spacial score (nSPS) is 24.2. The molecule has 2 aromatic carbocycles. The topological polar surface area (TPSA) is 36.0 Å². The molecule has 160 valence electrons. The third kappa shape index (κ3) is 3.88. The predicted octanol–water partition coefficient (Wildman–Crippen LogP) is 4.65. The maximum atomic E-state index is 13.7. The van der Waals surface area contributed by atoms with Crippen LogP contribution in [0.2, 0.25) is 0 Å². The van der Waals surface area contributed by atoms with E-state index in [-0.39, 0.29) is 17.4 Å². The fraction of sp³-hybridized carbons (Fsp3) is 0.458. The molecule has 1 saturated carbocycles. The van der Waals surface area contributed by atoms with Gasteiger partial charge in [-0.3, -0.25) is 0 Å². The minimum atomic E-state index is -0.198. The van der Waals surface area contributed by atoms with E-state index in [1.165, 1.54) is 6.07 Å². The van der Waals surface area contributed by atoms with Crippen LogP contribution in [0, 0.1) is 5.82 Å². The number of carbonyl (C=O) groups is 1. The van der Waals surface area contributed by atoms with Gasteiger partial charge < -0.3 is 9.64 Å². The maximum Gasteiger partial charge on any atom is 0.335 e. The van der Waals surface area contributed by atoms with Gasteiger partial charge in [-0.05, 0) is 67.0 Å². The second kappa shape index (κ2) is 8.26. The Balaban J connectivity index is 1.50. The van der Waals surface area contributed by atoms with Crippen LogP contribution in [0.4, 0.5) is 9.18 Å². The molecule has 0 radical (unpaired) electrons. The maximum absolute atomic E-state index is 13.7. The Labute approximate surface area is 178 Å². The Bertz CT molecular complexity index is 892. The molecule has 1 aliphatic carbocycles. The SMILES string of the molecule is COc1ccc(CN2C[C@]3(CC[C@H](c4cccc(F)c4)CC3)N(N(C)C)C2=O)cc1. The highest BCUT2D eigenvalue weighted by atomic mass is 19.1. The van der Waals surface area contributed by atoms with Crippen molar-refractivity contribution in [2.75, 3.05) is 27.7 Å². The molecule has 1 heterocycles. The van der Waals surface area contributed by atoms with E-state index in [1.54, 1.807) is 19.2 Å². The lowest BCUT2D eigenvalue weighted by Crippen LogP contribution is -2.55. The van der Waals surface area contributed by atoms with E-state index in [0.717, 1.165) is 42.6 Å². The van der Waals surface area contributed by atoms with Gasteiger partial charge in [-0.25, -0.2) is 19.2 Å². The van der Waals surface area contributed by atoms with Gasteiger partial charge in [0.25, 0.3) is 0 Å². The van der Waals surface area contributed by atoms with Crippen LogP contribution in [0.5, 0.6) is 5.75 Å². The van der Waals surface area contributed by atoms with Gasteiger partial charge in [-0.15, -0.1) is 0 Å². The third-order valence-corrected chi connectivity index (χ3v) is 6.56. The molecule has 2 fully saturated rings. The van der Waals surface area contributed by atoms with Gasteiger partial charge in [-0.1, -0.05) is 24.3 Å². The van der Waals surface area contributed by atoms with Crippen molar-refractivity contribution in [3.05, 3.63) is 65.5 Å². The van der Waals surface area contributed by atoms with Crippen molar-refractivity contribution in [2.45, 2.75) is 43.7 Å². The van der Waals surface area contributed by atoms with Crippen LogP contribution in [0.3, 0.4) is 0 Å². The number of hydrogen-bond donors (Lipinski definition) is 0. The smallest absolute Gasteiger partial charge is 0.335 e. The number of hydrazine groups is 1. The number of nitrogens with zero attached hydrogens (tertiary/aromatic N) is 3. The Hall–Kier alpha value is -2.60. The van der Waals surface area contributed by atoms with Gasteiger partial charge in [0.05, 0.1) is 12.6 Å². The Morgan fingerprint density at radius 1 is 1.13 bits per heavy atom. The van der Waals surface area contributed by atoms with Crippen molar-refractivity contribution in [1.29, 1.82) is 0 Å². The van der Waals surface area contributed by atoms with Gasteiger partial charge in [0.15, 0.2) is 0 Å². The van der Waals surface area contributed by atoms with Crippen LogP contribution in [-0.2, 0) is 6.54 Å². The number of urea groups is 1. The summed E-state index contributed by atoms with van der Waals surface area (Å²) in [5.74, 6) is 0.985. The van der Waals surface area contributed by atoms with Crippen LogP contribution >= 0.6 is 0 Å². The molecule has 4 rings (SSSR count). The molecule has 0 bridgehead atoms. The Morgan fingerprint density at radius 3 is 2.43 bits per heavy atom. The van der Waals surface area contributed by atoms with Gasteiger partial charge in [0.2, 0.25) is 0 Å². The molecule has 1 aliphatic heterocycles. The first-order chi connectivity index (χ1) is 14.4. The summed E-state index contributed by atoms with van der Waals surface area (Å²) in [5, 5.41) is 3.87. The minimum absolute atomic E-state index is 0.0556. The summed E-state index contributed by atoms with van der Waals surface area (Å²) in [6, 6.07) is 14.9. The van der Waals surface area contributed by atoms with Crippen LogP contribution < -0.4 is 4.74 Å². The monoisotopic (exact) mass is 411 g/mol. The third-order valence-electron chi connectivity index (χ3n) is 6.56. The highest BCUT2D eigenvalue weighted by Gasteiger charge is 2.52. The molecular weight excluding hydrogens is 381 g/mol. The molecule has 6 heteroatoms. The van der Waals surface area contributed by atoms with E-state index < -0.39 is 0 Å². The molecule has 2 aliphatic rings. The van der Waals surface area contributed by atoms with E-state index in [2.05, 4.69) is 0 Å². The van der Waals surface area contributed by atoms with Crippen molar-refractivity contribution in [3.8, 4) is 5.75 Å². The van der Waals surface area contributed by atoms with Crippen molar-refractivity contribution in [1.82, 2.24) is 14.9 Å². The highest BCUT2D eigenvalue weighted by Crippen LogP contribution is 2.45. The second-order valence-corrected chi connectivity index (χ2v) is 8.70. The van der Waals surface area contributed by atoms with E-state index in [9.17, 15) is 9.18 Å². The Kier molecular flexibility index (Phi) is 5.69. The highest BCUT2D eigenvalue weighted by molar-refractivity contribution is 5.77. The standard InChI is InChI=1S/C24H30FN3O2/c1-26(2)28-23(29)27(16-18-7-9-22(30-3)10-8-18)17-24(28)13-11-19(12-14-24)20-5-4-6-21(25)15-20/h4-10,15,19H,11-14,16-17H2,1-3H3/t19-,24+. The number of methoxy groups -OCH3 is 1. The van der Waals surface area contributed by atoms with E-state index in [4.69, 9.17) is 4.74 Å². The lowest BCUT2D eigenvalue weighted by Gasteiger charge is -2.44. The van der Waals surface area contributed by atoms with Crippen LogP contribution in [-0.4, -0.2) is 54.2 Å². The van der Waals surface area contributed by atoms with Crippen LogP contribution in [0.15, 0.2) is 48.5 Å². The average molecular weight is 412 g/mol. The quantitative estimate of drug-likeness (QED) is 0.719. The first-order valence-electron chi connectivity index (χ1n) is 10.6. The molecule has 30 heavy (non-hydrogen) atoms. The van der Waals surface area contributed by atoms with Crippen molar-refractivity contribution < 1.29 is 13.9 Å². The van der Waals surface area contributed by atoms with Crippen molar-refractivity contribution in [2.24, 2.45) is 0 Å². The second-order valence-electron chi connectivity index (χ2n) is 8.70. The molecular formula is C24H30FN3O2. The van der Waals surface area contributed by atoms with Gasteiger partial charge in [-0.2, -0.15) is 0 Å². The molecule has 1 saturated heterocycles. The first-order valence-corrected chi connectivity index (χ1v) is 10.6. The lowest BCUT2D eigenvalue weighted by molar-refractivity contribution is -0.0263. The summed E-state index contributed by atoms with van der Waals surface area (Å²) in [5.41, 5.74) is 1.96. The zero-order chi connectivity index (χ0) is 21.3. The summed E-state index contributed by atoms with van der Waals surface area (Å²) >= 11 is 0. The molecule has 2 aromatic rings. The predicted molar refractivity (Wildman–Crippen MR) is 115 cm³/mol. The molecule has 0 unspecified atom stereocenters. The van der Waals surface area contributed by atoms with Gasteiger partial charge >= 0.3 is 6.03 Å². The molecule has 0 N–H and O–H groups in total. The number of ether oxygens (including phenoxy) is 1. The van der Waals surface area contributed by atoms with Crippen molar-refractivity contribution >= 4 is 6.03 Å². The first kappa shape index (κ1) is 20.7. The fourth-order valence-electron chi connectivity index (χ4n) is 5.12. The average Bonchev–Trinajstić information content (AvgIpc) is 3.00. The van der Waals surface area contributed by atoms with Gasteiger partial charge in [0.1, 0.15) is 11.6 Å². The number of carbonyl (C=O) groups excluding carboxylic acids is 1. The summed E-state index contributed by atoms with van der Waals surface area (Å²) in [6.07, 6.45) is 3.74. The largest absolute Gasteiger partial charge is 0.497 e.